The van der Waals surface area contributed by atoms with Gasteiger partial charge in [-0.25, -0.2) is 8.78 Å². The number of anilines is 1. The fraction of sp³-hybridized carbons (Fsp3) is 0.545. The zero-order chi connectivity index (χ0) is 22.2. The third-order valence-electron chi connectivity index (χ3n) is 6.39. The predicted octanol–water partition coefficient (Wildman–Crippen LogP) is 2.42. The van der Waals surface area contributed by atoms with Crippen molar-refractivity contribution in [1.29, 1.82) is 5.26 Å². The molecular weight excluding hydrogens is 402 g/mol. The molecule has 1 amide bonds. The number of rotatable bonds is 4. The first-order valence-electron chi connectivity index (χ1n) is 10.5. The second-order valence-electron chi connectivity index (χ2n) is 8.74. The number of nitrogens with zero attached hydrogens (tertiary/aromatic N) is 5. The molecule has 1 aromatic carbocycles. The Labute approximate surface area is 180 Å². The molecule has 0 radical (unpaired) electrons. The van der Waals surface area contributed by atoms with Crippen LogP contribution >= 0.6 is 0 Å². The van der Waals surface area contributed by atoms with E-state index in [2.05, 4.69) is 26.3 Å². The van der Waals surface area contributed by atoms with Gasteiger partial charge in [-0.1, -0.05) is 6.92 Å². The predicted molar refractivity (Wildman–Crippen MR) is 113 cm³/mol. The van der Waals surface area contributed by atoms with Crippen molar-refractivity contribution in [2.24, 2.45) is 11.8 Å². The summed E-state index contributed by atoms with van der Waals surface area (Å²) >= 11 is 0. The van der Waals surface area contributed by atoms with Gasteiger partial charge < -0.3 is 15.1 Å². The van der Waals surface area contributed by atoms with E-state index in [1.54, 1.807) is 30.4 Å². The molecule has 9 heteroatoms. The van der Waals surface area contributed by atoms with Crippen LogP contribution in [0.4, 0.5) is 14.5 Å². The molecule has 164 valence electrons. The Bertz CT molecular complexity index is 1020. The fourth-order valence-electron chi connectivity index (χ4n) is 4.64. The Balaban J connectivity index is 1.45. The first kappa shape index (κ1) is 21.4. The summed E-state index contributed by atoms with van der Waals surface area (Å²) < 4.78 is 28.6. The van der Waals surface area contributed by atoms with E-state index in [-0.39, 0.29) is 30.8 Å². The van der Waals surface area contributed by atoms with Crippen LogP contribution in [-0.2, 0) is 4.79 Å². The van der Waals surface area contributed by atoms with Gasteiger partial charge in [-0.05, 0) is 38.1 Å². The average Bonchev–Trinajstić information content (AvgIpc) is 3.08. The molecule has 2 aliphatic heterocycles. The monoisotopic (exact) mass is 428 g/mol. The zero-order valence-electron chi connectivity index (χ0n) is 17.7. The van der Waals surface area contributed by atoms with E-state index in [1.807, 2.05) is 13.0 Å². The lowest BCUT2D eigenvalue weighted by Crippen LogP contribution is -2.49. The van der Waals surface area contributed by atoms with Crippen LogP contribution < -0.4 is 10.2 Å². The Morgan fingerprint density at radius 3 is 2.74 bits per heavy atom. The number of halogens is 2. The molecule has 0 aliphatic carbocycles. The van der Waals surface area contributed by atoms with E-state index < -0.39 is 11.8 Å². The minimum atomic E-state index is -2.85. The summed E-state index contributed by atoms with van der Waals surface area (Å²) in [7, 11) is 1.68. The van der Waals surface area contributed by atoms with E-state index in [0.717, 1.165) is 5.69 Å². The number of alkyl halides is 2. The first-order chi connectivity index (χ1) is 14.8. The number of hydrogen-bond acceptors (Lipinski definition) is 6. The Hall–Kier alpha value is -2.86. The van der Waals surface area contributed by atoms with E-state index in [0.29, 0.717) is 42.7 Å². The molecule has 2 aliphatic rings. The van der Waals surface area contributed by atoms with Gasteiger partial charge in [-0.3, -0.25) is 14.8 Å². The van der Waals surface area contributed by atoms with Crippen molar-refractivity contribution in [1.82, 2.24) is 20.2 Å². The summed E-state index contributed by atoms with van der Waals surface area (Å²) in [6, 6.07) is 5.57. The molecule has 1 N–H and O–H groups in total. The topological polar surface area (TPSA) is 85.1 Å². The molecule has 0 spiro atoms. The second-order valence-corrected chi connectivity index (χ2v) is 8.74. The van der Waals surface area contributed by atoms with Crippen molar-refractivity contribution in [3.8, 4) is 6.07 Å². The van der Waals surface area contributed by atoms with Crippen molar-refractivity contribution in [3.63, 3.8) is 0 Å². The van der Waals surface area contributed by atoms with Crippen molar-refractivity contribution in [2.75, 3.05) is 38.1 Å². The van der Waals surface area contributed by atoms with Gasteiger partial charge in [0.1, 0.15) is 17.1 Å². The molecule has 2 fully saturated rings. The molecular formula is C22H26F2N6O. The van der Waals surface area contributed by atoms with Crippen LogP contribution in [0, 0.1) is 23.2 Å². The number of nitrogens with one attached hydrogen (secondary N) is 1. The molecule has 3 atom stereocenters. The third kappa shape index (κ3) is 4.30. The zero-order valence-corrected chi connectivity index (χ0v) is 17.7. The highest BCUT2D eigenvalue weighted by molar-refractivity contribution is 5.92. The van der Waals surface area contributed by atoms with Crippen molar-refractivity contribution in [2.45, 2.75) is 31.7 Å². The number of fused-ring (bicyclic) bond motifs is 1. The van der Waals surface area contributed by atoms with Crippen LogP contribution in [0.25, 0.3) is 11.0 Å². The van der Waals surface area contributed by atoms with E-state index in [9.17, 15) is 18.8 Å². The molecule has 2 aromatic rings. The summed E-state index contributed by atoms with van der Waals surface area (Å²) in [4.78, 5) is 25.0. The maximum Gasteiger partial charge on any atom is 0.263 e. The Morgan fingerprint density at radius 1 is 1.29 bits per heavy atom. The van der Waals surface area contributed by atoms with Crippen LogP contribution in [0.3, 0.4) is 0 Å². The number of nitriles is 1. The third-order valence-corrected chi connectivity index (χ3v) is 6.39. The van der Waals surface area contributed by atoms with Gasteiger partial charge in [0.25, 0.3) is 5.92 Å². The molecule has 0 saturated carbocycles. The fourth-order valence-corrected chi connectivity index (χ4v) is 4.64. The number of likely N-dealkylation sites (tertiary alicyclic amines) is 1. The van der Waals surface area contributed by atoms with Gasteiger partial charge in [0, 0.05) is 37.8 Å². The second kappa shape index (κ2) is 8.35. The number of hydrogen-bond donors (Lipinski definition) is 1. The molecule has 3 heterocycles. The number of carbonyl (C=O) groups is 1. The lowest BCUT2D eigenvalue weighted by atomic mass is 9.89. The number of benzene rings is 1. The molecule has 0 bridgehead atoms. The van der Waals surface area contributed by atoms with E-state index in [4.69, 9.17) is 0 Å². The SMILES string of the molecule is C[C@@H]1CN(c2ccc(C#N)c3nccnc23)C[C@@H]1NC(=O)CC1CCN(C)CC1(F)F. The van der Waals surface area contributed by atoms with Gasteiger partial charge in [0.2, 0.25) is 5.91 Å². The largest absolute Gasteiger partial charge is 0.367 e. The van der Waals surface area contributed by atoms with Crippen LogP contribution in [0.15, 0.2) is 24.5 Å². The van der Waals surface area contributed by atoms with Gasteiger partial charge in [-0.2, -0.15) is 5.26 Å². The van der Waals surface area contributed by atoms with Crippen molar-refractivity contribution < 1.29 is 13.6 Å². The maximum absolute atomic E-state index is 14.3. The summed E-state index contributed by atoms with van der Waals surface area (Å²) in [5, 5.41) is 12.3. The van der Waals surface area contributed by atoms with Gasteiger partial charge >= 0.3 is 0 Å². The van der Waals surface area contributed by atoms with E-state index in [1.165, 1.54) is 0 Å². The highest BCUT2D eigenvalue weighted by Gasteiger charge is 2.44. The van der Waals surface area contributed by atoms with Crippen LogP contribution in [0.2, 0.25) is 0 Å². The van der Waals surface area contributed by atoms with Gasteiger partial charge in [0.05, 0.1) is 23.8 Å². The van der Waals surface area contributed by atoms with Crippen molar-refractivity contribution >= 4 is 22.6 Å². The molecule has 31 heavy (non-hydrogen) atoms. The Kier molecular flexibility index (Phi) is 5.75. The summed E-state index contributed by atoms with van der Waals surface area (Å²) in [5.74, 6) is -3.95. The number of aromatic nitrogens is 2. The molecule has 2 saturated heterocycles. The number of carbonyl (C=O) groups excluding carboxylic acids is 1. The standard InChI is InChI=1S/C22H26F2N6O/c1-14-11-30(18-4-3-15(10-25)20-21(18)27-7-6-26-20)12-17(14)28-19(31)9-16-5-8-29(2)13-22(16,23)24/h3-4,6-7,14,16-17H,5,8-9,11-13H2,1-2H3,(H,28,31)/t14-,16?,17+/m1/s1. The minimum absolute atomic E-state index is 0.143. The lowest BCUT2D eigenvalue weighted by molar-refractivity contribution is -0.135. The summed E-state index contributed by atoms with van der Waals surface area (Å²) in [6.45, 7) is 3.55. The first-order valence-corrected chi connectivity index (χ1v) is 10.5. The normalized spacial score (nSPS) is 26.0. The number of amides is 1. The highest BCUT2D eigenvalue weighted by Crippen LogP contribution is 2.35. The Morgan fingerprint density at radius 2 is 2.03 bits per heavy atom. The van der Waals surface area contributed by atoms with Crippen LogP contribution in [0.1, 0.15) is 25.3 Å². The average molecular weight is 428 g/mol. The van der Waals surface area contributed by atoms with Crippen LogP contribution in [0.5, 0.6) is 0 Å². The van der Waals surface area contributed by atoms with Gasteiger partial charge in [0.15, 0.2) is 0 Å². The quantitative estimate of drug-likeness (QED) is 0.805. The highest BCUT2D eigenvalue weighted by atomic mass is 19.3. The van der Waals surface area contributed by atoms with Crippen molar-refractivity contribution in [3.05, 3.63) is 30.1 Å². The maximum atomic E-state index is 14.3. The molecule has 4 rings (SSSR count). The lowest BCUT2D eigenvalue weighted by Gasteiger charge is -2.36. The van der Waals surface area contributed by atoms with E-state index >= 15 is 0 Å². The smallest absolute Gasteiger partial charge is 0.263 e. The molecule has 1 aromatic heterocycles. The molecule has 7 nitrogen and oxygen atoms in total. The minimum Gasteiger partial charge on any atom is -0.367 e. The van der Waals surface area contributed by atoms with Crippen LogP contribution in [-0.4, -0.2) is 66.0 Å². The molecule has 1 unspecified atom stereocenters. The number of piperidine rings is 1. The van der Waals surface area contributed by atoms with Gasteiger partial charge in [-0.15, -0.1) is 0 Å². The summed E-state index contributed by atoms with van der Waals surface area (Å²) in [5.41, 5.74) is 2.51. The summed E-state index contributed by atoms with van der Waals surface area (Å²) in [6.07, 6.45) is 3.31.